The van der Waals surface area contributed by atoms with Gasteiger partial charge in [0.1, 0.15) is 6.10 Å². The molecule has 1 saturated carbocycles. The van der Waals surface area contributed by atoms with Crippen LogP contribution in [0.2, 0.25) is 0 Å². The molecule has 2 fully saturated rings. The number of halogens is 2. The predicted octanol–water partition coefficient (Wildman–Crippen LogP) is 1.35. The van der Waals surface area contributed by atoms with Crippen LogP contribution in [0.25, 0.3) is 0 Å². The van der Waals surface area contributed by atoms with Crippen molar-refractivity contribution in [1.82, 2.24) is 15.3 Å². The Labute approximate surface area is 111 Å². The van der Waals surface area contributed by atoms with Gasteiger partial charge in [0.05, 0.1) is 6.20 Å². The summed E-state index contributed by atoms with van der Waals surface area (Å²) in [6.45, 7) is 1.88. The zero-order valence-electron chi connectivity index (χ0n) is 9.86. The molecule has 100 valence electrons. The van der Waals surface area contributed by atoms with Gasteiger partial charge in [-0.25, -0.2) is 4.98 Å². The molecule has 3 rings (SSSR count). The van der Waals surface area contributed by atoms with E-state index in [4.69, 9.17) is 4.74 Å². The van der Waals surface area contributed by atoms with Gasteiger partial charge in [0.15, 0.2) is 0 Å². The molecular formula is C11H16ClFN4O. The SMILES string of the molecule is Cl.Fc1cnc(N[C@@H]2CCNC2)nc1OC1CC1. The van der Waals surface area contributed by atoms with E-state index in [9.17, 15) is 4.39 Å². The molecule has 1 aliphatic heterocycles. The largest absolute Gasteiger partial charge is 0.472 e. The molecule has 0 bridgehead atoms. The second kappa shape index (κ2) is 5.67. The average Bonchev–Trinajstić information content (AvgIpc) is 2.98. The van der Waals surface area contributed by atoms with Gasteiger partial charge >= 0.3 is 0 Å². The van der Waals surface area contributed by atoms with Crippen molar-refractivity contribution in [3.63, 3.8) is 0 Å². The number of nitrogens with zero attached hydrogens (tertiary/aromatic N) is 2. The fourth-order valence-corrected chi connectivity index (χ4v) is 1.81. The number of anilines is 1. The third kappa shape index (κ3) is 3.20. The normalized spacial score (nSPS) is 22.4. The molecule has 7 heteroatoms. The fourth-order valence-electron chi connectivity index (χ4n) is 1.81. The molecule has 0 unspecified atom stereocenters. The Hall–Kier alpha value is -1.14. The zero-order valence-corrected chi connectivity index (χ0v) is 10.7. The summed E-state index contributed by atoms with van der Waals surface area (Å²) in [5.41, 5.74) is 0. The molecule has 1 aromatic heterocycles. The molecule has 2 aliphatic rings. The minimum Gasteiger partial charge on any atom is -0.472 e. The van der Waals surface area contributed by atoms with Gasteiger partial charge in [-0.2, -0.15) is 9.37 Å². The Morgan fingerprint density at radius 3 is 2.89 bits per heavy atom. The van der Waals surface area contributed by atoms with Crippen LogP contribution < -0.4 is 15.4 Å². The molecule has 0 spiro atoms. The molecule has 1 aliphatic carbocycles. The molecule has 5 nitrogen and oxygen atoms in total. The Balaban J connectivity index is 0.00000120. The van der Waals surface area contributed by atoms with Crippen molar-refractivity contribution >= 4 is 18.4 Å². The van der Waals surface area contributed by atoms with E-state index in [1.165, 1.54) is 0 Å². The van der Waals surface area contributed by atoms with E-state index in [0.717, 1.165) is 38.5 Å². The maximum absolute atomic E-state index is 13.4. The number of ether oxygens (including phenoxy) is 1. The number of nitrogens with one attached hydrogen (secondary N) is 2. The number of hydrogen-bond acceptors (Lipinski definition) is 5. The molecule has 1 atom stereocenters. The smallest absolute Gasteiger partial charge is 0.255 e. The molecule has 18 heavy (non-hydrogen) atoms. The maximum atomic E-state index is 13.4. The summed E-state index contributed by atoms with van der Waals surface area (Å²) in [7, 11) is 0. The van der Waals surface area contributed by atoms with Crippen LogP contribution in [0.5, 0.6) is 5.88 Å². The summed E-state index contributed by atoms with van der Waals surface area (Å²) >= 11 is 0. The minimum atomic E-state index is -0.494. The minimum absolute atomic E-state index is 0. The summed E-state index contributed by atoms with van der Waals surface area (Å²) in [6, 6.07) is 0.314. The van der Waals surface area contributed by atoms with Crippen molar-refractivity contribution < 1.29 is 9.13 Å². The van der Waals surface area contributed by atoms with Crippen LogP contribution in [0.1, 0.15) is 19.3 Å². The van der Waals surface area contributed by atoms with Crippen LogP contribution in [0.3, 0.4) is 0 Å². The second-order valence-corrected chi connectivity index (χ2v) is 4.50. The van der Waals surface area contributed by atoms with Gasteiger partial charge in [0, 0.05) is 12.6 Å². The van der Waals surface area contributed by atoms with Crippen molar-refractivity contribution in [1.29, 1.82) is 0 Å². The van der Waals surface area contributed by atoms with E-state index in [-0.39, 0.29) is 24.4 Å². The van der Waals surface area contributed by atoms with E-state index in [1.807, 2.05) is 0 Å². The first-order valence-electron chi connectivity index (χ1n) is 5.98. The Kier molecular flexibility index (Phi) is 4.19. The maximum Gasteiger partial charge on any atom is 0.255 e. The van der Waals surface area contributed by atoms with Crippen LogP contribution in [-0.4, -0.2) is 35.2 Å². The molecule has 2 N–H and O–H groups in total. The lowest BCUT2D eigenvalue weighted by molar-refractivity contribution is 0.274. The topological polar surface area (TPSA) is 59.1 Å². The van der Waals surface area contributed by atoms with Gasteiger partial charge in [-0.3, -0.25) is 0 Å². The first-order valence-corrected chi connectivity index (χ1v) is 5.98. The highest BCUT2D eigenvalue weighted by molar-refractivity contribution is 5.85. The van der Waals surface area contributed by atoms with Crippen molar-refractivity contribution in [2.24, 2.45) is 0 Å². The summed E-state index contributed by atoms with van der Waals surface area (Å²) in [5, 5.41) is 6.41. The van der Waals surface area contributed by atoms with Crippen LogP contribution in [-0.2, 0) is 0 Å². The standard InChI is InChI=1S/C11H15FN4O.ClH/c12-9-6-14-11(15-7-3-4-13-5-7)16-10(9)17-8-1-2-8;/h6-8,13H,1-5H2,(H,14,15,16);1H/t7-;/m1./s1. The van der Waals surface area contributed by atoms with E-state index < -0.39 is 5.82 Å². The lowest BCUT2D eigenvalue weighted by Gasteiger charge is -2.12. The van der Waals surface area contributed by atoms with Crippen molar-refractivity contribution in [3.05, 3.63) is 12.0 Å². The summed E-state index contributed by atoms with van der Waals surface area (Å²) in [6.07, 6.45) is 4.30. The van der Waals surface area contributed by atoms with Crippen molar-refractivity contribution in [2.45, 2.75) is 31.4 Å². The number of rotatable bonds is 4. The summed E-state index contributed by atoms with van der Waals surface area (Å²) in [4.78, 5) is 7.99. The monoisotopic (exact) mass is 274 g/mol. The quantitative estimate of drug-likeness (QED) is 0.868. The highest BCUT2D eigenvalue weighted by Gasteiger charge is 2.26. The van der Waals surface area contributed by atoms with Crippen LogP contribution in [0.4, 0.5) is 10.3 Å². The van der Waals surface area contributed by atoms with E-state index in [2.05, 4.69) is 20.6 Å². The zero-order chi connectivity index (χ0) is 11.7. The number of hydrogen-bond donors (Lipinski definition) is 2. The summed E-state index contributed by atoms with van der Waals surface area (Å²) in [5.74, 6) is 0.0127. The molecule has 1 aromatic rings. The second-order valence-electron chi connectivity index (χ2n) is 4.50. The predicted molar refractivity (Wildman–Crippen MR) is 67.8 cm³/mol. The van der Waals surface area contributed by atoms with E-state index >= 15 is 0 Å². The Morgan fingerprint density at radius 1 is 1.39 bits per heavy atom. The van der Waals surface area contributed by atoms with E-state index in [1.54, 1.807) is 0 Å². The molecule has 0 aromatic carbocycles. The van der Waals surface area contributed by atoms with Gasteiger partial charge < -0.3 is 15.4 Å². The third-order valence-corrected chi connectivity index (χ3v) is 2.91. The van der Waals surface area contributed by atoms with Gasteiger partial charge in [-0.1, -0.05) is 0 Å². The first kappa shape index (κ1) is 13.3. The fraction of sp³-hybridized carbons (Fsp3) is 0.636. The Bertz CT molecular complexity index is 410. The van der Waals surface area contributed by atoms with Crippen LogP contribution >= 0.6 is 12.4 Å². The molecule has 0 radical (unpaired) electrons. The van der Waals surface area contributed by atoms with Crippen LogP contribution in [0.15, 0.2) is 6.20 Å². The third-order valence-electron chi connectivity index (χ3n) is 2.91. The van der Waals surface area contributed by atoms with Crippen LogP contribution in [0, 0.1) is 5.82 Å². The van der Waals surface area contributed by atoms with Crippen molar-refractivity contribution in [3.8, 4) is 5.88 Å². The van der Waals surface area contributed by atoms with Gasteiger partial charge in [-0.05, 0) is 25.8 Å². The molecule has 1 saturated heterocycles. The first-order chi connectivity index (χ1) is 8.31. The highest BCUT2D eigenvalue weighted by Crippen LogP contribution is 2.27. The number of aromatic nitrogens is 2. The molecular weight excluding hydrogens is 259 g/mol. The summed E-state index contributed by atoms with van der Waals surface area (Å²) < 4.78 is 18.8. The van der Waals surface area contributed by atoms with Gasteiger partial charge in [-0.15, -0.1) is 12.4 Å². The molecule has 2 heterocycles. The molecule has 0 amide bonds. The van der Waals surface area contributed by atoms with Crippen molar-refractivity contribution in [2.75, 3.05) is 18.4 Å². The van der Waals surface area contributed by atoms with Gasteiger partial charge in [0.25, 0.3) is 5.88 Å². The average molecular weight is 275 g/mol. The lowest BCUT2D eigenvalue weighted by Crippen LogP contribution is -2.23. The van der Waals surface area contributed by atoms with E-state index in [0.29, 0.717) is 12.0 Å². The Morgan fingerprint density at radius 2 is 2.22 bits per heavy atom. The lowest BCUT2D eigenvalue weighted by atomic mass is 10.3. The van der Waals surface area contributed by atoms with Gasteiger partial charge in [0.2, 0.25) is 11.8 Å². The highest BCUT2D eigenvalue weighted by atomic mass is 35.5.